The van der Waals surface area contributed by atoms with Gasteiger partial charge in [0.1, 0.15) is 61.0 Å². The molecule has 0 aromatic heterocycles. The number of hydrogen-bond donors (Lipinski definition) is 10. The predicted octanol–water partition coefficient (Wildman–Crippen LogP) is -6.45. The van der Waals surface area contributed by atoms with Crippen molar-refractivity contribution in [2.75, 3.05) is 6.61 Å². The fraction of sp³-hybridized carbons (Fsp3) is 0.944. The number of ether oxygens (including phenoxy) is 5. The molecule has 3 saturated heterocycles. The number of carbonyl (C=O) groups is 1. The van der Waals surface area contributed by atoms with Crippen molar-refractivity contribution in [3.05, 3.63) is 0 Å². The number of carboxylic acids is 1. The van der Waals surface area contributed by atoms with Gasteiger partial charge in [0.05, 0.1) is 12.7 Å². The summed E-state index contributed by atoms with van der Waals surface area (Å²) in [5, 5.41) is 99.7. The Morgan fingerprint density at radius 1 is 0.706 bits per heavy atom. The van der Waals surface area contributed by atoms with Crippen LogP contribution in [-0.4, -0.2) is 156 Å². The van der Waals surface area contributed by atoms with Gasteiger partial charge in [-0.25, -0.2) is 4.79 Å². The molecule has 0 aromatic carbocycles. The van der Waals surface area contributed by atoms with Crippen LogP contribution in [0.15, 0.2) is 0 Å². The maximum absolute atomic E-state index is 11.1. The molecule has 198 valence electrons. The fourth-order valence-corrected chi connectivity index (χ4v) is 3.95. The maximum atomic E-state index is 11.1. The van der Waals surface area contributed by atoms with Gasteiger partial charge in [-0.2, -0.15) is 0 Å². The molecule has 0 radical (unpaired) electrons. The van der Waals surface area contributed by atoms with E-state index >= 15 is 0 Å². The van der Waals surface area contributed by atoms with Gasteiger partial charge in [-0.05, 0) is 6.92 Å². The third-order valence-corrected chi connectivity index (χ3v) is 6.02. The highest BCUT2D eigenvalue weighted by atomic mass is 16.8. The van der Waals surface area contributed by atoms with Crippen LogP contribution < -0.4 is 0 Å². The first kappa shape index (κ1) is 27.5. The molecule has 3 aliphatic rings. The lowest BCUT2D eigenvalue weighted by Gasteiger charge is -2.47. The highest BCUT2D eigenvalue weighted by molar-refractivity contribution is 5.73. The number of aliphatic hydroxyl groups is 9. The van der Waals surface area contributed by atoms with E-state index in [0.717, 1.165) is 0 Å². The number of carboxylic acid groups (broad SMARTS) is 1. The summed E-state index contributed by atoms with van der Waals surface area (Å²) in [6, 6.07) is 0. The smallest absolute Gasteiger partial charge is 0.335 e. The zero-order valence-corrected chi connectivity index (χ0v) is 17.8. The zero-order chi connectivity index (χ0) is 25.5. The first-order valence-corrected chi connectivity index (χ1v) is 10.4. The molecular formula is C18H30O16. The van der Waals surface area contributed by atoms with Crippen LogP contribution in [0.5, 0.6) is 0 Å². The minimum atomic E-state index is -2.10. The second kappa shape index (κ2) is 10.9. The molecule has 0 aliphatic carbocycles. The van der Waals surface area contributed by atoms with E-state index < -0.39 is 105 Å². The van der Waals surface area contributed by atoms with E-state index in [1.54, 1.807) is 0 Å². The summed E-state index contributed by atoms with van der Waals surface area (Å²) in [6.45, 7) is 0.548. The van der Waals surface area contributed by atoms with Crippen LogP contribution in [0, 0.1) is 0 Å². The molecule has 16 nitrogen and oxygen atoms in total. The minimum Gasteiger partial charge on any atom is -0.479 e. The van der Waals surface area contributed by atoms with Crippen molar-refractivity contribution in [3.8, 4) is 0 Å². The largest absolute Gasteiger partial charge is 0.479 e. The van der Waals surface area contributed by atoms with E-state index in [9.17, 15) is 50.8 Å². The molecule has 15 atom stereocenters. The molecule has 0 spiro atoms. The summed E-state index contributed by atoms with van der Waals surface area (Å²) >= 11 is 0. The quantitative estimate of drug-likeness (QED) is 0.162. The van der Waals surface area contributed by atoms with Crippen LogP contribution in [-0.2, 0) is 28.5 Å². The Kier molecular flexibility index (Phi) is 8.81. The second-order valence-electron chi connectivity index (χ2n) is 8.36. The lowest BCUT2D eigenvalue weighted by atomic mass is 9.96. The maximum Gasteiger partial charge on any atom is 0.335 e. The first-order chi connectivity index (χ1) is 15.9. The molecule has 0 saturated carbocycles. The van der Waals surface area contributed by atoms with Gasteiger partial charge in [-0.3, -0.25) is 0 Å². The number of hydrogen-bond acceptors (Lipinski definition) is 15. The van der Waals surface area contributed by atoms with Gasteiger partial charge in [0.25, 0.3) is 0 Å². The van der Waals surface area contributed by atoms with E-state index in [-0.39, 0.29) is 0 Å². The van der Waals surface area contributed by atoms with Crippen LogP contribution in [0.4, 0.5) is 0 Å². The van der Waals surface area contributed by atoms with Crippen molar-refractivity contribution in [2.24, 2.45) is 0 Å². The first-order valence-electron chi connectivity index (χ1n) is 10.4. The third kappa shape index (κ3) is 5.20. The van der Waals surface area contributed by atoms with E-state index in [1.807, 2.05) is 0 Å². The van der Waals surface area contributed by atoms with E-state index in [1.165, 1.54) is 6.92 Å². The molecule has 0 bridgehead atoms. The van der Waals surface area contributed by atoms with Gasteiger partial charge in [0, 0.05) is 0 Å². The molecule has 16 heteroatoms. The predicted molar refractivity (Wildman–Crippen MR) is 100 cm³/mol. The SMILES string of the molecule is C[C@@H]1O[C@H](O[C@H]2[C@H](O[C@H]3C(O)O[C@H](C(=O)O)[C@@H](O)[C@@H]3O)O[C@H](CO)[C@@H](O)[C@@H]2O)[C@H](O)[C@H](O)[C@H]1O. The second-order valence-corrected chi connectivity index (χ2v) is 8.36. The molecule has 1 unspecified atom stereocenters. The molecule has 3 fully saturated rings. The fourth-order valence-electron chi connectivity index (χ4n) is 3.95. The van der Waals surface area contributed by atoms with Crippen molar-refractivity contribution in [2.45, 2.75) is 99.0 Å². The Morgan fingerprint density at radius 3 is 1.88 bits per heavy atom. The molecule has 3 aliphatic heterocycles. The Labute approximate surface area is 192 Å². The molecular weight excluding hydrogens is 472 g/mol. The van der Waals surface area contributed by atoms with E-state index in [4.69, 9.17) is 28.8 Å². The number of aliphatic hydroxyl groups excluding tert-OH is 9. The highest BCUT2D eigenvalue weighted by Crippen LogP contribution is 2.32. The summed E-state index contributed by atoms with van der Waals surface area (Å²) < 4.78 is 26.3. The molecule has 34 heavy (non-hydrogen) atoms. The van der Waals surface area contributed by atoms with Gasteiger partial charge < -0.3 is 74.7 Å². The monoisotopic (exact) mass is 502 g/mol. The van der Waals surface area contributed by atoms with Crippen LogP contribution in [0.3, 0.4) is 0 Å². The van der Waals surface area contributed by atoms with Gasteiger partial charge in [-0.15, -0.1) is 0 Å². The molecule has 10 N–H and O–H groups in total. The Balaban J connectivity index is 1.82. The Bertz CT molecular complexity index is 695. The standard InChI is InChI=1S/C18H30O16/c1-3-5(20)7(22)11(26)17(30-3)34-14-8(23)6(21)4(2-19)31-18(14)33-13-10(25)9(24)12(15(27)28)32-16(13)29/h3-14,16-26,29H,2H2,1H3,(H,27,28)/t3-,4+,5-,6+,7+,8-,9-,10-,11+,12-,13+,14+,16?,17+,18-/m0/s1. The highest BCUT2D eigenvalue weighted by Gasteiger charge is 2.54. The average molecular weight is 502 g/mol. The van der Waals surface area contributed by atoms with E-state index in [0.29, 0.717) is 0 Å². The number of aliphatic carboxylic acids is 1. The lowest BCUT2D eigenvalue weighted by Crippen LogP contribution is -2.66. The molecule has 3 rings (SSSR count). The molecule has 3 heterocycles. The van der Waals surface area contributed by atoms with Crippen LogP contribution in [0.25, 0.3) is 0 Å². The molecule has 0 aromatic rings. The van der Waals surface area contributed by atoms with Crippen molar-refractivity contribution >= 4 is 5.97 Å². The van der Waals surface area contributed by atoms with Crippen molar-refractivity contribution in [1.29, 1.82) is 0 Å². The van der Waals surface area contributed by atoms with Crippen molar-refractivity contribution in [3.63, 3.8) is 0 Å². The summed E-state index contributed by atoms with van der Waals surface area (Å²) in [5.74, 6) is -1.67. The van der Waals surface area contributed by atoms with Gasteiger partial charge in [0.15, 0.2) is 25.0 Å². The summed E-state index contributed by atoms with van der Waals surface area (Å²) in [6.07, 6.45) is -26.4. The van der Waals surface area contributed by atoms with Gasteiger partial charge in [-0.1, -0.05) is 0 Å². The average Bonchev–Trinajstić information content (AvgIpc) is 2.79. The number of rotatable bonds is 6. The normalized spacial score (nSPS) is 52.4. The van der Waals surface area contributed by atoms with Crippen LogP contribution in [0.2, 0.25) is 0 Å². The van der Waals surface area contributed by atoms with Crippen LogP contribution >= 0.6 is 0 Å². The summed E-state index contributed by atoms with van der Waals surface area (Å²) in [7, 11) is 0. The van der Waals surface area contributed by atoms with Crippen LogP contribution in [0.1, 0.15) is 6.92 Å². The topological polar surface area (TPSA) is 266 Å². The van der Waals surface area contributed by atoms with Gasteiger partial charge in [0.2, 0.25) is 0 Å². The lowest BCUT2D eigenvalue weighted by molar-refractivity contribution is -0.388. The zero-order valence-electron chi connectivity index (χ0n) is 17.8. The van der Waals surface area contributed by atoms with Gasteiger partial charge >= 0.3 is 5.97 Å². The molecule has 0 amide bonds. The van der Waals surface area contributed by atoms with E-state index in [2.05, 4.69) is 0 Å². The Morgan fingerprint density at radius 2 is 1.29 bits per heavy atom. The van der Waals surface area contributed by atoms with Crippen molar-refractivity contribution < 1.29 is 79.5 Å². The third-order valence-electron chi connectivity index (χ3n) is 6.02. The summed E-state index contributed by atoms with van der Waals surface area (Å²) in [4.78, 5) is 11.1. The Hall–Kier alpha value is -1.09. The summed E-state index contributed by atoms with van der Waals surface area (Å²) in [5.41, 5.74) is 0. The minimum absolute atomic E-state index is 0.814. The van der Waals surface area contributed by atoms with Crippen molar-refractivity contribution in [1.82, 2.24) is 0 Å².